The fourth-order valence-electron chi connectivity index (χ4n) is 3.70. The predicted molar refractivity (Wildman–Crippen MR) is 106 cm³/mol. The summed E-state index contributed by atoms with van der Waals surface area (Å²) in [7, 11) is 0. The lowest BCUT2D eigenvalue weighted by atomic mass is 10.0. The number of nitrogens with one attached hydrogen (secondary N) is 3. The van der Waals surface area contributed by atoms with Crippen molar-refractivity contribution >= 4 is 29.4 Å². The van der Waals surface area contributed by atoms with Gasteiger partial charge in [-0.2, -0.15) is 16.4 Å². The van der Waals surface area contributed by atoms with Crippen LogP contribution in [0.3, 0.4) is 0 Å². The Hall–Kier alpha value is -2.69. The van der Waals surface area contributed by atoms with E-state index in [1.807, 2.05) is 11.8 Å². The third-order valence-electron chi connectivity index (χ3n) is 5.17. The quantitative estimate of drug-likeness (QED) is 0.466. The van der Waals surface area contributed by atoms with Crippen molar-refractivity contribution in [3.8, 4) is 5.69 Å². The molecule has 0 saturated carbocycles. The molecular weight excluding hydrogens is 397 g/mol. The smallest absolute Gasteiger partial charge is 0.315 e. The second kappa shape index (κ2) is 8.36. The summed E-state index contributed by atoms with van der Waals surface area (Å²) in [5, 5.41) is 20.1. The van der Waals surface area contributed by atoms with E-state index in [1.54, 1.807) is 13.0 Å². The number of halogens is 1. The number of fused-ring (bicyclic) bond motifs is 1. The second-order valence-corrected chi connectivity index (χ2v) is 8.49. The van der Waals surface area contributed by atoms with Gasteiger partial charge in [-0.25, -0.2) is 9.18 Å². The number of amides is 3. The lowest BCUT2D eigenvalue weighted by Gasteiger charge is -2.16. The molecule has 2 aromatic rings. The molecule has 0 aliphatic carbocycles. The Morgan fingerprint density at radius 1 is 1.38 bits per heavy atom. The SMILES string of the molecule is Cc1nnnn1-c1ccc(F)c(NC(=O)CCCC[C@@H]2SC[C@@H]3NC(=O)N[C@@H]32)c1. The molecule has 2 fully saturated rings. The maximum absolute atomic E-state index is 14.1. The number of tetrazole rings is 1. The maximum Gasteiger partial charge on any atom is 0.315 e. The molecule has 2 aliphatic rings. The Morgan fingerprint density at radius 2 is 2.24 bits per heavy atom. The number of urea groups is 1. The van der Waals surface area contributed by atoms with Gasteiger partial charge in [-0.05, 0) is 48.4 Å². The number of thioether (sulfide) groups is 1. The van der Waals surface area contributed by atoms with Crippen LogP contribution in [-0.4, -0.2) is 55.2 Å². The summed E-state index contributed by atoms with van der Waals surface area (Å²) in [6, 6.07) is 4.64. The number of aryl methyl sites for hydroxylation is 1. The van der Waals surface area contributed by atoms with Crippen LogP contribution in [0.15, 0.2) is 18.2 Å². The van der Waals surface area contributed by atoms with E-state index < -0.39 is 5.82 Å². The van der Waals surface area contributed by atoms with Crippen LogP contribution < -0.4 is 16.0 Å². The summed E-state index contributed by atoms with van der Waals surface area (Å²) in [4.78, 5) is 23.7. The minimum atomic E-state index is -0.509. The molecule has 0 bridgehead atoms. The first-order valence-electron chi connectivity index (χ1n) is 9.54. The molecule has 0 radical (unpaired) electrons. The number of unbranched alkanes of at least 4 members (excludes halogenated alkanes) is 1. The average Bonchev–Trinajstić information content (AvgIpc) is 3.37. The fourth-order valence-corrected chi connectivity index (χ4v) is 5.24. The van der Waals surface area contributed by atoms with E-state index >= 15 is 0 Å². The van der Waals surface area contributed by atoms with E-state index in [1.165, 1.54) is 16.8 Å². The molecule has 3 N–H and O–H groups in total. The number of rotatable bonds is 7. The van der Waals surface area contributed by atoms with E-state index in [0.717, 1.165) is 18.6 Å². The number of hydrogen-bond acceptors (Lipinski definition) is 6. The molecule has 2 aliphatic heterocycles. The zero-order valence-electron chi connectivity index (χ0n) is 15.9. The number of carbonyl (C=O) groups excluding carboxylic acids is 2. The molecule has 9 nitrogen and oxygen atoms in total. The number of carbonyl (C=O) groups is 2. The summed E-state index contributed by atoms with van der Waals surface area (Å²) in [5.74, 6) is 0.743. The van der Waals surface area contributed by atoms with Crippen LogP contribution in [0.1, 0.15) is 31.5 Å². The van der Waals surface area contributed by atoms with Crippen LogP contribution in [0.25, 0.3) is 5.69 Å². The van der Waals surface area contributed by atoms with E-state index in [9.17, 15) is 14.0 Å². The van der Waals surface area contributed by atoms with Gasteiger partial charge < -0.3 is 16.0 Å². The molecule has 0 unspecified atom stereocenters. The summed E-state index contributed by atoms with van der Waals surface area (Å²) in [6.45, 7) is 1.74. The molecule has 0 spiro atoms. The minimum Gasteiger partial charge on any atom is -0.332 e. The molecule has 1 aromatic carbocycles. The highest BCUT2D eigenvalue weighted by Gasteiger charge is 2.42. The van der Waals surface area contributed by atoms with Crippen molar-refractivity contribution in [1.82, 2.24) is 30.8 Å². The molecule has 3 heterocycles. The summed E-state index contributed by atoms with van der Waals surface area (Å²) < 4.78 is 15.6. The Kier molecular flexibility index (Phi) is 5.65. The van der Waals surface area contributed by atoms with Crippen LogP contribution in [0.2, 0.25) is 0 Å². The number of benzene rings is 1. The van der Waals surface area contributed by atoms with Gasteiger partial charge in [0.1, 0.15) is 5.82 Å². The lowest BCUT2D eigenvalue weighted by Crippen LogP contribution is -2.36. The monoisotopic (exact) mass is 419 g/mol. The van der Waals surface area contributed by atoms with Crippen molar-refractivity contribution in [1.29, 1.82) is 0 Å². The highest BCUT2D eigenvalue weighted by atomic mass is 32.2. The lowest BCUT2D eigenvalue weighted by molar-refractivity contribution is -0.116. The summed E-state index contributed by atoms with van der Waals surface area (Å²) in [6.07, 6.45) is 2.82. The topological polar surface area (TPSA) is 114 Å². The largest absolute Gasteiger partial charge is 0.332 e. The van der Waals surface area contributed by atoms with Gasteiger partial charge in [0.2, 0.25) is 5.91 Å². The first-order chi connectivity index (χ1) is 14.0. The van der Waals surface area contributed by atoms with Gasteiger partial charge in [0.25, 0.3) is 0 Å². The molecule has 1 aromatic heterocycles. The van der Waals surface area contributed by atoms with Crippen LogP contribution in [0, 0.1) is 12.7 Å². The zero-order chi connectivity index (χ0) is 20.4. The number of aromatic nitrogens is 4. The van der Waals surface area contributed by atoms with Crippen LogP contribution in [0.4, 0.5) is 14.9 Å². The Balaban J connectivity index is 1.26. The van der Waals surface area contributed by atoms with Gasteiger partial charge in [0.05, 0.1) is 23.5 Å². The van der Waals surface area contributed by atoms with E-state index in [2.05, 4.69) is 31.5 Å². The van der Waals surface area contributed by atoms with Crippen LogP contribution in [-0.2, 0) is 4.79 Å². The second-order valence-electron chi connectivity index (χ2n) is 7.22. The summed E-state index contributed by atoms with van der Waals surface area (Å²) in [5.41, 5.74) is 0.681. The van der Waals surface area contributed by atoms with E-state index in [0.29, 0.717) is 29.6 Å². The van der Waals surface area contributed by atoms with Gasteiger partial charge in [-0.15, -0.1) is 5.10 Å². The zero-order valence-corrected chi connectivity index (χ0v) is 16.7. The predicted octanol–water partition coefficient (Wildman–Crippen LogP) is 1.77. The molecule has 11 heteroatoms. The summed E-state index contributed by atoms with van der Waals surface area (Å²) >= 11 is 1.86. The third-order valence-corrected chi connectivity index (χ3v) is 6.68. The molecule has 4 rings (SSSR count). The highest BCUT2D eigenvalue weighted by Crippen LogP contribution is 2.33. The molecule has 2 saturated heterocycles. The Morgan fingerprint density at radius 3 is 3.03 bits per heavy atom. The van der Waals surface area contributed by atoms with E-state index in [-0.39, 0.29) is 29.7 Å². The van der Waals surface area contributed by atoms with Crippen LogP contribution in [0.5, 0.6) is 0 Å². The first kappa shape index (κ1) is 19.6. The molecule has 3 amide bonds. The van der Waals surface area contributed by atoms with Gasteiger partial charge in [0.15, 0.2) is 5.82 Å². The molecule has 154 valence electrons. The maximum atomic E-state index is 14.1. The van der Waals surface area contributed by atoms with Gasteiger partial charge >= 0.3 is 6.03 Å². The normalized spacial score (nSPS) is 22.8. The average molecular weight is 419 g/mol. The minimum absolute atomic E-state index is 0.0918. The van der Waals surface area contributed by atoms with Gasteiger partial charge in [0, 0.05) is 17.4 Å². The molecular formula is C18H22FN7O2S. The van der Waals surface area contributed by atoms with Crippen molar-refractivity contribution < 1.29 is 14.0 Å². The van der Waals surface area contributed by atoms with Gasteiger partial charge in [-0.1, -0.05) is 6.42 Å². The van der Waals surface area contributed by atoms with Crippen molar-refractivity contribution in [3.63, 3.8) is 0 Å². The standard InChI is InChI=1S/C18H22FN7O2S/c1-10-23-24-25-26(10)11-6-7-12(19)13(8-11)20-16(27)5-3-2-4-15-17-14(9-29-15)21-18(28)22-17/h6-8,14-15,17H,2-5,9H2,1H3,(H,20,27)(H2,21,22,28)/t14-,15-,17-/m0/s1. The number of anilines is 1. The van der Waals surface area contributed by atoms with Crippen molar-refractivity contribution in [2.45, 2.75) is 49.9 Å². The van der Waals surface area contributed by atoms with Crippen molar-refractivity contribution in [2.75, 3.05) is 11.1 Å². The molecule has 29 heavy (non-hydrogen) atoms. The fraction of sp³-hybridized carbons (Fsp3) is 0.500. The van der Waals surface area contributed by atoms with Gasteiger partial charge in [-0.3, -0.25) is 4.79 Å². The van der Waals surface area contributed by atoms with Crippen molar-refractivity contribution in [2.24, 2.45) is 0 Å². The molecule has 3 atom stereocenters. The van der Waals surface area contributed by atoms with E-state index in [4.69, 9.17) is 0 Å². The van der Waals surface area contributed by atoms with Crippen LogP contribution >= 0.6 is 11.8 Å². The highest BCUT2D eigenvalue weighted by molar-refractivity contribution is 8.00. The number of hydrogen-bond donors (Lipinski definition) is 3. The third kappa shape index (κ3) is 4.34. The number of nitrogens with zero attached hydrogens (tertiary/aromatic N) is 4. The Bertz CT molecular complexity index is 921. The Labute approximate surface area is 171 Å². The first-order valence-corrected chi connectivity index (χ1v) is 10.6. The van der Waals surface area contributed by atoms with Crippen molar-refractivity contribution in [3.05, 3.63) is 29.8 Å².